The summed E-state index contributed by atoms with van der Waals surface area (Å²) in [6, 6.07) is 0.286. The summed E-state index contributed by atoms with van der Waals surface area (Å²) in [6.07, 6.45) is 0.597. The van der Waals surface area contributed by atoms with Gasteiger partial charge in [0.1, 0.15) is 5.60 Å². The fourth-order valence-corrected chi connectivity index (χ4v) is 2.68. The average molecular weight is 345 g/mol. The van der Waals surface area contributed by atoms with E-state index in [0.717, 1.165) is 16.7 Å². The standard InChI is InChI=1S/C13H21BrN4O2/c1-8-6-10(18-9(2)11(14)15-16-18)7-17(8)12(19)20-13(3,4)5/h8,10H,6-7H2,1-5H3/t8-,10+/m0/s1. The second-order valence-corrected chi connectivity index (χ2v) is 7.03. The van der Waals surface area contributed by atoms with Crippen molar-refractivity contribution in [2.75, 3.05) is 6.54 Å². The van der Waals surface area contributed by atoms with Crippen molar-refractivity contribution >= 4 is 22.0 Å². The summed E-state index contributed by atoms with van der Waals surface area (Å²) in [5, 5.41) is 8.15. The van der Waals surface area contributed by atoms with Gasteiger partial charge in [0.05, 0.1) is 11.7 Å². The first-order chi connectivity index (χ1) is 9.19. The molecule has 0 saturated carbocycles. The van der Waals surface area contributed by atoms with Crippen LogP contribution in [0.25, 0.3) is 0 Å². The van der Waals surface area contributed by atoms with Crippen LogP contribution in [0.4, 0.5) is 4.79 Å². The van der Waals surface area contributed by atoms with E-state index in [1.54, 1.807) is 4.90 Å². The van der Waals surface area contributed by atoms with Gasteiger partial charge in [-0.1, -0.05) is 5.21 Å². The molecule has 112 valence electrons. The van der Waals surface area contributed by atoms with E-state index < -0.39 is 5.60 Å². The van der Waals surface area contributed by atoms with Crippen molar-refractivity contribution in [3.8, 4) is 0 Å². The normalized spacial score (nSPS) is 23.2. The minimum Gasteiger partial charge on any atom is -0.444 e. The van der Waals surface area contributed by atoms with Gasteiger partial charge >= 0.3 is 6.09 Å². The van der Waals surface area contributed by atoms with Crippen LogP contribution in [-0.2, 0) is 4.74 Å². The van der Waals surface area contributed by atoms with Crippen LogP contribution in [-0.4, -0.2) is 44.2 Å². The highest BCUT2D eigenvalue weighted by Crippen LogP contribution is 2.30. The molecule has 6 nitrogen and oxygen atoms in total. The molecule has 20 heavy (non-hydrogen) atoms. The van der Waals surface area contributed by atoms with E-state index in [0.29, 0.717) is 6.54 Å². The number of aromatic nitrogens is 3. The van der Waals surface area contributed by atoms with E-state index in [2.05, 4.69) is 26.2 Å². The maximum atomic E-state index is 12.2. The summed E-state index contributed by atoms with van der Waals surface area (Å²) in [5.74, 6) is 0. The predicted molar refractivity (Wildman–Crippen MR) is 78.5 cm³/mol. The largest absolute Gasteiger partial charge is 0.444 e. The Bertz CT molecular complexity index is 509. The van der Waals surface area contributed by atoms with Crippen LogP contribution in [0, 0.1) is 6.92 Å². The van der Waals surface area contributed by atoms with Crippen LogP contribution in [0.1, 0.15) is 45.9 Å². The maximum Gasteiger partial charge on any atom is 0.410 e. The molecular weight excluding hydrogens is 324 g/mol. The quantitative estimate of drug-likeness (QED) is 0.785. The van der Waals surface area contributed by atoms with Crippen molar-refractivity contribution in [1.82, 2.24) is 19.9 Å². The third-order valence-corrected chi connectivity index (χ3v) is 4.13. The molecule has 0 unspecified atom stereocenters. The molecule has 2 heterocycles. The highest BCUT2D eigenvalue weighted by molar-refractivity contribution is 9.10. The molecule has 1 amide bonds. The van der Waals surface area contributed by atoms with Crippen molar-refractivity contribution in [3.05, 3.63) is 10.3 Å². The minimum absolute atomic E-state index is 0.136. The number of carbonyl (C=O) groups is 1. The van der Waals surface area contributed by atoms with Crippen molar-refractivity contribution in [1.29, 1.82) is 0 Å². The second kappa shape index (κ2) is 5.35. The number of amides is 1. The summed E-state index contributed by atoms with van der Waals surface area (Å²) in [5.41, 5.74) is 0.509. The Morgan fingerprint density at radius 1 is 1.45 bits per heavy atom. The third kappa shape index (κ3) is 3.13. The lowest BCUT2D eigenvalue weighted by Crippen LogP contribution is -2.39. The van der Waals surface area contributed by atoms with E-state index in [9.17, 15) is 4.79 Å². The fraction of sp³-hybridized carbons (Fsp3) is 0.769. The van der Waals surface area contributed by atoms with E-state index in [1.165, 1.54) is 0 Å². The number of ether oxygens (including phenoxy) is 1. The SMILES string of the molecule is Cc1c(Br)nnn1[C@@H]1C[C@H](C)N(C(=O)OC(C)(C)C)C1. The number of halogens is 1. The molecule has 0 radical (unpaired) electrons. The van der Waals surface area contributed by atoms with Gasteiger partial charge < -0.3 is 9.64 Å². The molecule has 1 aliphatic rings. The molecule has 1 saturated heterocycles. The van der Waals surface area contributed by atoms with Gasteiger partial charge in [-0.25, -0.2) is 9.48 Å². The zero-order valence-electron chi connectivity index (χ0n) is 12.6. The zero-order chi connectivity index (χ0) is 15.1. The molecule has 2 atom stereocenters. The Morgan fingerprint density at radius 3 is 2.60 bits per heavy atom. The molecule has 1 aliphatic heterocycles. The van der Waals surface area contributed by atoms with Gasteiger partial charge in [-0.15, -0.1) is 5.10 Å². The average Bonchev–Trinajstić information content (AvgIpc) is 2.82. The number of nitrogens with zero attached hydrogens (tertiary/aromatic N) is 4. The van der Waals surface area contributed by atoms with Crippen LogP contribution in [0.5, 0.6) is 0 Å². The molecule has 2 rings (SSSR count). The van der Waals surface area contributed by atoms with Gasteiger partial charge in [0.25, 0.3) is 0 Å². The third-order valence-electron chi connectivity index (χ3n) is 3.40. The predicted octanol–water partition coefficient (Wildman–Crippen LogP) is 2.92. The minimum atomic E-state index is -0.471. The van der Waals surface area contributed by atoms with E-state index >= 15 is 0 Å². The highest BCUT2D eigenvalue weighted by atomic mass is 79.9. The fourth-order valence-electron chi connectivity index (χ4n) is 2.42. The lowest BCUT2D eigenvalue weighted by atomic mass is 10.2. The van der Waals surface area contributed by atoms with Crippen molar-refractivity contribution in [2.45, 2.75) is 58.7 Å². The van der Waals surface area contributed by atoms with Gasteiger partial charge in [0, 0.05) is 12.6 Å². The van der Waals surface area contributed by atoms with Crippen molar-refractivity contribution in [3.63, 3.8) is 0 Å². The summed E-state index contributed by atoms with van der Waals surface area (Å²) < 4.78 is 8.07. The van der Waals surface area contributed by atoms with Crippen LogP contribution in [0.15, 0.2) is 4.60 Å². The molecule has 0 spiro atoms. The summed E-state index contributed by atoms with van der Waals surface area (Å²) in [4.78, 5) is 14.0. The first kappa shape index (κ1) is 15.3. The number of hydrogen-bond acceptors (Lipinski definition) is 4. The lowest BCUT2D eigenvalue weighted by Gasteiger charge is -2.26. The molecule has 1 aromatic heterocycles. The van der Waals surface area contributed by atoms with Crippen LogP contribution in [0.3, 0.4) is 0 Å². The number of hydrogen-bond donors (Lipinski definition) is 0. The summed E-state index contributed by atoms with van der Waals surface area (Å²) in [6.45, 7) is 10.2. The van der Waals surface area contributed by atoms with Crippen LogP contribution < -0.4 is 0 Å². The molecule has 7 heteroatoms. The van der Waals surface area contributed by atoms with Crippen LogP contribution >= 0.6 is 15.9 Å². The smallest absolute Gasteiger partial charge is 0.410 e. The molecule has 1 fully saturated rings. The van der Waals surface area contributed by atoms with Crippen LogP contribution in [0.2, 0.25) is 0 Å². The Balaban J connectivity index is 2.09. The Labute approximate surface area is 127 Å². The van der Waals surface area contributed by atoms with E-state index in [4.69, 9.17) is 4.74 Å². The van der Waals surface area contributed by atoms with E-state index in [1.807, 2.05) is 39.3 Å². The molecule has 0 N–H and O–H groups in total. The summed E-state index contributed by atoms with van der Waals surface area (Å²) in [7, 11) is 0. The Morgan fingerprint density at radius 2 is 2.10 bits per heavy atom. The summed E-state index contributed by atoms with van der Waals surface area (Å²) >= 11 is 3.36. The first-order valence-electron chi connectivity index (χ1n) is 6.76. The highest BCUT2D eigenvalue weighted by Gasteiger charge is 2.37. The first-order valence-corrected chi connectivity index (χ1v) is 7.55. The molecule has 0 aliphatic carbocycles. The number of rotatable bonds is 1. The maximum absolute atomic E-state index is 12.2. The van der Waals surface area contributed by atoms with Crippen molar-refractivity contribution in [2.24, 2.45) is 0 Å². The topological polar surface area (TPSA) is 60.2 Å². The van der Waals surface area contributed by atoms with Gasteiger partial charge in [-0.3, -0.25) is 0 Å². The van der Waals surface area contributed by atoms with Gasteiger partial charge in [0.2, 0.25) is 0 Å². The molecular formula is C13H21BrN4O2. The van der Waals surface area contributed by atoms with Gasteiger partial charge in [-0.05, 0) is 57.0 Å². The lowest BCUT2D eigenvalue weighted by molar-refractivity contribution is 0.0233. The van der Waals surface area contributed by atoms with Crippen molar-refractivity contribution < 1.29 is 9.53 Å². The van der Waals surface area contributed by atoms with Gasteiger partial charge in [0.15, 0.2) is 4.60 Å². The van der Waals surface area contributed by atoms with E-state index in [-0.39, 0.29) is 18.2 Å². The Hall–Kier alpha value is -1.11. The number of carbonyl (C=O) groups excluding carboxylic acids is 1. The zero-order valence-corrected chi connectivity index (χ0v) is 14.1. The molecule has 0 aromatic carbocycles. The number of likely N-dealkylation sites (tertiary alicyclic amines) is 1. The second-order valence-electron chi connectivity index (χ2n) is 6.28. The Kier molecular flexibility index (Phi) is 4.09. The monoisotopic (exact) mass is 344 g/mol. The molecule has 1 aromatic rings. The molecule has 0 bridgehead atoms. The van der Waals surface area contributed by atoms with Gasteiger partial charge in [-0.2, -0.15) is 0 Å².